The van der Waals surface area contributed by atoms with Gasteiger partial charge in [0.25, 0.3) is 0 Å². The number of H-pyrrole nitrogens is 1. The van der Waals surface area contributed by atoms with E-state index in [1.165, 1.54) is 5.56 Å². The predicted octanol–water partition coefficient (Wildman–Crippen LogP) is 7.51. The Morgan fingerprint density at radius 1 is 0.531 bits per heavy atom. The summed E-state index contributed by atoms with van der Waals surface area (Å²) in [5, 5.41) is 6.01. The minimum atomic E-state index is -0.548. The van der Waals surface area contributed by atoms with Gasteiger partial charge in [0.05, 0.1) is 28.4 Å². The zero-order valence-electron chi connectivity index (χ0n) is 26.6. The van der Waals surface area contributed by atoms with Crippen molar-refractivity contribution in [3.05, 3.63) is 220 Å². The first-order chi connectivity index (χ1) is 23.7. The summed E-state index contributed by atoms with van der Waals surface area (Å²) in [6, 6.07) is 46.8. The molecule has 1 unspecified atom stereocenters. The number of aromatic nitrogens is 1. The van der Waals surface area contributed by atoms with Crippen LogP contribution in [0, 0.1) is 0 Å². The smallest absolute Gasteiger partial charge is 0.0941 e. The Labute approximate surface area is 296 Å². The zero-order valence-corrected chi connectivity index (χ0v) is 27.5. The van der Waals surface area contributed by atoms with Crippen LogP contribution in [-0.2, 0) is 22.6 Å². The van der Waals surface area contributed by atoms with Crippen molar-refractivity contribution in [3.8, 4) is 0 Å². The number of hydrogen-bond donors (Lipinski definition) is 2. The molecule has 4 aliphatic heterocycles. The maximum Gasteiger partial charge on any atom is 0.0941 e. The van der Waals surface area contributed by atoms with Gasteiger partial charge in [-0.3, -0.25) is 0 Å². The summed E-state index contributed by atoms with van der Waals surface area (Å²) in [6.07, 6.45) is 13.8. The van der Waals surface area contributed by atoms with E-state index < -0.39 is 5.54 Å². The molecule has 5 heteroatoms. The second kappa shape index (κ2) is 12.7. The Hall–Kier alpha value is -5.74. The molecule has 0 saturated carbocycles. The molecule has 8 bridgehead atoms. The van der Waals surface area contributed by atoms with Gasteiger partial charge in [-0.15, -0.1) is 0 Å². The van der Waals surface area contributed by atoms with Gasteiger partial charge >= 0.3 is 0 Å². The van der Waals surface area contributed by atoms with E-state index in [9.17, 15) is 0 Å². The third-order valence-corrected chi connectivity index (χ3v) is 9.46. The van der Waals surface area contributed by atoms with E-state index in [0.717, 1.165) is 79.0 Å². The summed E-state index contributed by atoms with van der Waals surface area (Å²) in [5.41, 5.74) is 12.0. The summed E-state index contributed by atoms with van der Waals surface area (Å²) < 4.78 is 0. The number of allylic oxidation sites excluding steroid dienone is 5. The van der Waals surface area contributed by atoms with Gasteiger partial charge in [-0.2, -0.15) is 0 Å². The van der Waals surface area contributed by atoms with E-state index >= 15 is 0 Å². The molecular formula is C44H32CuN4. The fourth-order valence-electron chi connectivity index (χ4n) is 7.32. The van der Waals surface area contributed by atoms with Gasteiger partial charge in [0, 0.05) is 50.2 Å². The van der Waals surface area contributed by atoms with Crippen molar-refractivity contribution in [1.82, 2.24) is 10.3 Å². The van der Waals surface area contributed by atoms with Gasteiger partial charge in [0.1, 0.15) is 0 Å². The minimum absolute atomic E-state index is 0. The molecule has 1 radical (unpaired) electrons. The van der Waals surface area contributed by atoms with Crippen LogP contribution in [0.2, 0.25) is 0 Å². The van der Waals surface area contributed by atoms with Crippen LogP contribution < -0.4 is 16.0 Å². The van der Waals surface area contributed by atoms with Crippen LogP contribution in [0.25, 0.3) is 16.7 Å². The number of fused-ring (bicyclic) bond motifs is 6. The molecule has 0 spiro atoms. The summed E-state index contributed by atoms with van der Waals surface area (Å²) in [4.78, 5) is 14.5. The van der Waals surface area contributed by atoms with E-state index in [1.54, 1.807) is 0 Å². The third kappa shape index (κ3) is 5.44. The molecule has 2 N–H and O–H groups in total. The Bertz CT molecular complexity index is 2410. The number of aliphatic imine (C=N–C) groups is 2. The van der Waals surface area contributed by atoms with Crippen molar-refractivity contribution in [2.75, 3.05) is 0 Å². The van der Waals surface area contributed by atoms with Gasteiger partial charge in [0.15, 0.2) is 0 Å². The van der Waals surface area contributed by atoms with E-state index in [2.05, 4.69) is 180 Å². The van der Waals surface area contributed by atoms with Crippen LogP contribution in [0.3, 0.4) is 0 Å². The van der Waals surface area contributed by atoms with Crippen molar-refractivity contribution in [2.45, 2.75) is 12.0 Å². The molecule has 49 heavy (non-hydrogen) atoms. The summed E-state index contributed by atoms with van der Waals surface area (Å²) in [7, 11) is 0. The standard InChI is InChI=1S/C44H32N4.Cu/c1-5-13-30(14-6-1)41-36-22-21-34(45-36)29-35-27-28-44(48-35,33-19-11-4-12-20-33)43(32-17-9-3-10-18-32)40-26-25-39(47-40)42(31-15-7-2-8-16-31)38-24-23-37(41)46-38;/h1-27,29,46,48H,28H2;. The summed E-state index contributed by atoms with van der Waals surface area (Å²) >= 11 is 0. The number of nitrogens with zero attached hydrogens (tertiary/aromatic N) is 2. The molecule has 0 amide bonds. The van der Waals surface area contributed by atoms with Gasteiger partial charge in [0.2, 0.25) is 0 Å². The van der Waals surface area contributed by atoms with Gasteiger partial charge in [-0.1, -0.05) is 127 Å². The molecule has 5 heterocycles. The molecule has 1 aromatic heterocycles. The van der Waals surface area contributed by atoms with Crippen LogP contribution in [-0.4, -0.2) is 16.4 Å². The van der Waals surface area contributed by atoms with E-state index in [4.69, 9.17) is 9.98 Å². The van der Waals surface area contributed by atoms with E-state index in [-0.39, 0.29) is 17.1 Å². The van der Waals surface area contributed by atoms with E-state index in [0.29, 0.717) is 0 Å². The average molecular weight is 680 g/mol. The van der Waals surface area contributed by atoms with Crippen molar-refractivity contribution >= 4 is 28.1 Å². The molecule has 4 aliphatic rings. The molecule has 5 aromatic rings. The van der Waals surface area contributed by atoms with Gasteiger partial charge < -0.3 is 10.3 Å². The normalized spacial score (nSPS) is 19.2. The Morgan fingerprint density at radius 2 is 1.06 bits per heavy atom. The second-order valence-corrected chi connectivity index (χ2v) is 12.4. The van der Waals surface area contributed by atoms with Crippen molar-refractivity contribution in [3.63, 3.8) is 0 Å². The number of rotatable bonds is 4. The first-order valence-corrected chi connectivity index (χ1v) is 16.4. The first-order valence-electron chi connectivity index (χ1n) is 16.4. The van der Waals surface area contributed by atoms with Crippen LogP contribution in [0.15, 0.2) is 197 Å². The minimum Gasteiger partial charge on any atom is -0.371 e. The molecule has 1 atom stereocenters. The largest absolute Gasteiger partial charge is 0.371 e. The quantitative estimate of drug-likeness (QED) is 0.190. The van der Waals surface area contributed by atoms with Gasteiger partial charge in [-0.05, 0) is 71.2 Å². The molecule has 9 rings (SSSR count). The van der Waals surface area contributed by atoms with Crippen LogP contribution >= 0.6 is 0 Å². The number of hydrogen-bond acceptors (Lipinski definition) is 3. The molecule has 0 aliphatic carbocycles. The maximum absolute atomic E-state index is 5.48. The average Bonchev–Trinajstić information content (AvgIpc) is 3.97. The number of aromatic amines is 1. The predicted molar refractivity (Wildman–Crippen MR) is 196 cm³/mol. The fourth-order valence-corrected chi connectivity index (χ4v) is 7.32. The van der Waals surface area contributed by atoms with Gasteiger partial charge in [-0.25, -0.2) is 9.98 Å². The molecule has 239 valence electrons. The maximum atomic E-state index is 5.48. The van der Waals surface area contributed by atoms with Crippen LogP contribution in [0.4, 0.5) is 0 Å². The van der Waals surface area contributed by atoms with E-state index in [1.807, 2.05) is 0 Å². The Kier molecular flexibility index (Phi) is 7.93. The zero-order chi connectivity index (χ0) is 31.9. The second-order valence-electron chi connectivity index (χ2n) is 12.4. The number of benzene rings is 4. The monoisotopic (exact) mass is 679 g/mol. The Morgan fingerprint density at radius 3 is 1.67 bits per heavy atom. The Balaban J connectivity index is 0.00000348. The topological polar surface area (TPSA) is 52.5 Å². The molecular weight excluding hydrogens is 648 g/mol. The summed E-state index contributed by atoms with van der Waals surface area (Å²) in [5.74, 6) is 0. The van der Waals surface area contributed by atoms with Crippen molar-refractivity contribution < 1.29 is 17.1 Å². The first kappa shape index (κ1) is 30.6. The molecule has 4 nitrogen and oxygen atoms in total. The van der Waals surface area contributed by atoms with Crippen molar-refractivity contribution in [2.24, 2.45) is 9.98 Å². The molecule has 0 saturated heterocycles. The fraction of sp³-hybridized carbons (Fsp3) is 0.0455. The van der Waals surface area contributed by atoms with Crippen LogP contribution in [0.5, 0.6) is 0 Å². The third-order valence-electron chi connectivity index (χ3n) is 9.46. The van der Waals surface area contributed by atoms with Crippen LogP contribution in [0.1, 0.15) is 28.7 Å². The molecule has 0 fully saturated rings. The number of nitrogens with one attached hydrogen (secondary N) is 2. The SMILES string of the molecule is C1=CC2=NC1=CC1=CCC(c3ccccc3)(N1)C(c1ccccc1)=C1C=CC(=N1)C(c1ccccc1)=c1ccc([nH]1)=C2c1ccccc1.[Cu]. The van der Waals surface area contributed by atoms with Crippen molar-refractivity contribution in [1.29, 1.82) is 0 Å². The molecule has 4 aromatic carbocycles. The summed E-state index contributed by atoms with van der Waals surface area (Å²) in [6.45, 7) is 0.